The summed E-state index contributed by atoms with van der Waals surface area (Å²) in [5.41, 5.74) is 3.07. The van der Waals surface area contributed by atoms with E-state index in [1.807, 2.05) is 42.5 Å². The van der Waals surface area contributed by atoms with Crippen LogP contribution in [0.4, 0.5) is 11.4 Å². The Labute approximate surface area is 179 Å². The Balaban J connectivity index is 1.49. The highest BCUT2D eigenvalue weighted by molar-refractivity contribution is 8.00. The molecule has 2 aromatic carbocycles. The number of para-hydroxylation sites is 2. The van der Waals surface area contributed by atoms with Gasteiger partial charge in [0.1, 0.15) is 16.8 Å². The van der Waals surface area contributed by atoms with E-state index in [-0.39, 0.29) is 11.7 Å². The fourth-order valence-electron chi connectivity index (χ4n) is 3.58. The lowest BCUT2D eigenvalue weighted by atomic mass is 10.1. The van der Waals surface area contributed by atoms with Gasteiger partial charge in [0.15, 0.2) is 0 Å². The summed E-state index contributed by atoms with van der Waals surface area (Å²) in [5.74, 6) is 0.751. The summed E-state index contributed by atoms with van der Waals surface area (Å²) in [6.45, 7) is 2.02. The molecule has 7 heteroatoms. The Hall–Kier alpha value is -3.24. The van der Waals surface area contributed by atoms with E-state index in [2.05, 4.69) is 21.3 Å². The predicted molar refractivity (Wildman–Crippen MR) is 120 cm³/mol. The third kappa shape index (κ3) is 4.34. The summed E-state index contributed by atoms with van der Waals surface area (Å²) in [6, 6.07) is 17.4. The number of aromatic nitrogens is 1. The molecule has 0 spiro atoms. The fraction of sp³-hybridized carbons (Fsp3) is 0.261. The number of rotatable bonds is 6. The smallest absolute Gasteiger partial charge is 0.234 e. The molecule has 30 heavy (non-hydrogen) atoms. The van der Waals surface area contributed by atoms with Gasteiger partial charge in [-0.25, -0.2) is 4.98 Å². The number of anilines is 2. The Morgan fingerprint density at radius 3 is 2.80 bits per heavy atom. The largest absolute Gasteiger partial charge is 0.497 e. The lowest BCUT2D eigenvalue weighted by Crippen LogP contribution is -2.21. The molecule has 1 aromatic heterocycles. The van der Waals surface area contributed by atoms with Gasteiger partial charge in [-0.15, -0.1) is 0 Å². The van der Waals surface area contributed by atoms with Crippen molar-refractivity contribution in [2.45, 2.75) is 17.9 Å². The quantitative estimate of drug-likeness (QED) is 0.596. The first-order valence-electron chi connectivity index (χ1n) is 9.83. The van der Waals surface area contributed by atoms with Crippen LogP contribution in [0.25, 0.3) is 10.9 Å². The van der Waals surface area contributed by atoms with Gasteiger partial charge in [0.05, 0.1) is 35.3 Å². The average Bonchev–Trinajstić information content (AvgIpc) is 3.31. The van der Waals surface area contributed by atoms with Crippen LogP contribution in [0, 0.1) is 11.3 Å². The topological polar surface area (TPSA) is 78.2 Å². The maximum absolute atomic E-state index is 12.6. The van der Waals surface area contributed by atoms with Crippen LogP contribution in [-0.4, -0.2) is 36.8 Å². The van der Waals surface area contributed by atoms with E-state index in [0.717, 1.165) is 35.4 Å². The van der Waals surface area contributed by atoms with Crippen molar-refractivity contribution in [2.24, 2.45) is 0 Å². The van der Waals surface area contributed by atoms with Crippen LogP contribution in [0.15, 0.2) is 53.6 Å². The predicted octanol–water partition coefficient (Wildman–Crippen LogP) is 4.45. The maximum atomic E-state index is 12.6. The van der Waals surface area contributed by atoms with Gasteiger partial charge in [-0.2, -0.15) is 5.26 Å². The molecule has 3 aromatic rings. The number of methoxy groups -OCH3 is 1. The number of hydrogen-bond donors (Lipinski definition) is 1. The van der Waals surface area contributed by atoms with Crippen molar-refractivity contribution in [1.29, 1.82) is 5.26 Å². The number of thioether (sulfide) groups is 1. The van der Waals surface area contributed by atoms with E-state index in [0.29, 0.717) is 16.3 Å². The lowest BCUT2D eigenvalue weighted by molar-refractivity contribution is -0.113. The van der Waals surface area contributed by atoms with Crippen molar-refractivity contribution in [3.05, 3.63) is 54.1 Å². The molecule has 152 valence electrons. The van der Waals surface area contributed by atoms with Crippen molar-refractivity contribution in [2.75, 3.05) is 36.2 Å². The van der Waals surface area contributed by atoms with Crippen molar-refractivity contribution in [1.82, 2.24) is 4.98 Å². The number of nitrogens with zero attached hydrogens (tertiary/aromatic N) is 3. The number of fused-ring (bicyclic) bond motifs is 1. The highest BCUT2D eigenvalue weighted by Crippen LogP contribution is 2.30. The molecular formula is C23H22N4O2S. The minimum absolute atomic E-state index is 0.122. The zero-order chi connectivity index (χ0) is 20.9. The van der Waals surface area contributed by atoms with Gasteiger partial charge in [0.2, 0.25) is 5.91 Å². The van der Waals surface area contributed by atoms with Crippen LogP contribution in [0.5, 0.6) is 5.75 Å². The van der Waals surface area contributed by atoms with Gasteiger partial charge in [-0.3, -0.25) is 4.79 Å². The first-order chi connectivity index (χ1) is 14.7. The molecule has 1 saturated heterocycles. The van der Waals surface area contributed by atoms with Crippen molar-refractivity contribution in [3.8, 4) is 11.8 Å². The Kier molecular flexibility index (Phi) is 6.05. The number of amides is 1. The van der Waals surface area contributed by atoms with Gasteiger partial charge in [-0.05, 0) is 43.2 Å². The number of carbonyl (C=O) groups is 1. The van der Waals surface area contributed by atoms with E-state index in [1.54, 1.807) is 13.2 Å². The number of carbonyl (C=O) groups excluding carboxylic acids is 1. The molecule has 0 unspecified atom stereocenters. The molecular weight excluding hydrogens is 396 g/mol. The Bertz CT molecular complexity index is 1120. The minimum atomic E-state index is -0.122. The second kappa shape index (κ2) is 9.06. The van der Waals surface area contributed by atoms with Gasteiger partial charge in [0, 0.05) is 24.5 Å². The second-order valence-corrected chi connectivity index (χ2v) is 8.02. The first kappa shape index (κ1) is 20.0. The van der Waals surface area contributed by atoms with E-state index < -0.39 is 0 Å². The SMILES string of the molecule is COc1ccc2cc(C#N)c(SCC(=O)Nc3ccccc3N3CCCC3)nc2c1. The van der Waals surface area contributed by atoms with Crippen molar-refractivity contribution in [3.63, 3.8) is 0 Å². The molecule has 0 saturated carbocycles. The van der Waals surface area contributed by atoms with E-state index in [1.165, 1.54) is 24.6 Å². The van der Waals surface area contributed by atoms with Crippen molar-refractivity contribution >= 4 is 39.9 Å². The molecule has 2 heterocycles. The first-order valence-corrected chi connectivity index (χ1v) is 10.8. The maximum Gasteiger partial charge on any atom is 0.234 e. The average molecular weight is 419 g/mol. The highest BCUT2D eigenvalue weighted by Gasteiger charge is 2.17. The molecule has 0 aliphatic carbocycles. The number of benzene rings is 2. The van der Waals surface area contributed by atoms with Crippen LogP contribution >= 0.6 is 11.8 Å². The number of ether oxygens (including phenoxy) is 1. The molecule has 1 N–H and O–H groups in total. The monoisotopic (exact) mass is 418 g/mol. The molecule has 6 nitrogen and oxygen atoms in total. The summed E-state index contributed by atoms with van der Waals surface area (Å²) in [5, 5.41) is 13.9. The number of nitriles is 1. The molecule has 0 bridgehead atoms. The molecule has 1 aliphatic rings. The second-order valence-electron chi connectivity index (χ2n) is 7.06. The van der Waals surface area contributed by atoms with Crippen molar-refractivity contribution < 1.29 is 9.53 Å². The zero-order valence-corrected chi connectivity index (χ0v) is 17.5. The van der Waals surface area contributed by atoms with Crippen LogP contribution in [0.2, 0.25) is 0 Å². The van der Waals surface area contributed by atoms with Crippen LogP contribution in [0.3, 0.4) is 0 Å². The van der Waals surface area contributed by atoms with Gasteiger partial charge in [0.25, 0.3) is 0 Å². The van der Waals surface area contributed by atoms with Crippen LogP contribution in [0.1, 0.15) is 18.4 Å². The molecule has 0 radical (unpaired) electrons. The van der Waals surface area contributed by atoms with E-state index in [9.17, 15) is 10.1 Å². The molecule has 1 fully saturated rings. The van der Waals surface area contributed by atoms with Crippen LogP contribution < -0.4 is 15.0 Å². The third-order valence-corrected chi connectivity index (χ3v) is 6.07. The highest BCUT2D eigenvalue weighted by atomic mass is 32.2. The van der Waals surface area contributed by atoms with Gasteiger partial charge >= 0.3 is 0 Å². The summed E-state index contributed by atoms with van der Waals surface area (Å²) in [7, 11) is 1.60. The normalized spacial score (nSPS) is 13.3. The van der Waals surface area contributed by atoms with E-state index in [4.69, 9.17) is 4.74 Å². The Morgan fingerprint density at radius 1 is 1.23 bits per heavy atom. The summed E-state index contributed by atoms with van der Waals surface area (Å²) < 4.78 is 5.26. The molecule has 0 atom stereocenters. The zero-order valence-electron chi connectivity index (χ0n) is 16.7. The molecule has 1 amide bonds. The summed E-state index contributed by atoms with van der Waals surface area (Å²) >= 11 is 1.27. The summed E-state index contributed by atoms with van der Waals surface area (Å²) in [4.78, 5) is 19.5. The number of pyridine rings is 1. The van der Waals surface area contributed by atoms with Gasteiger partial charge in [-0.1, -0.05) is 23.9 Å². The number of hydrogen-bond acceptors (Lipinski definition) is 6. The third-order valence-electron chi connectivity index (χ3n) is 5.08. The molecule has 4 rings (SSSR count). The fourth-order valence-corrected chi connectivity index (χ4v) is 4.34. The minimum Gasteiger partial charge on any atom is -0.497 e. The van der Waals surface area contributed by atoms with E-state index >= 15 is 0 Å². The summed E-state index contributed by atoms with van der Waals surface area (Å²) in [6.07, 6.45) is 2.35. The standard InChI is InChI=1S/C23H22N4O2S/c1-29-18-9-8-16-12-17(14-24)23(26-20(16)13-18)30-15-22(28)25-19-6-2-3-7-21(19)27-10-4-5-11-27/h2-3,6-9,12-13H,4-5,10-11,15H2,1H3,(H,25,28). The van der Waals surface area contributed by atoms with Crippen LogP contribution in [-0.2, 0) is 4.79 Å². The molecule has 1 aliphatic heterocycles. The lowest BCUT2D eigenvalue weighted by Gasteiger charge is -2.21. The Morgan fingerprint density at radius 2 is 2.03 bits per heavy atom. The number of nitrogens with one attached hydrogen (secondary N) is 1. The van der Waals surface area contributed by atoms with Gasteiger partial charge < -0.3 is 15.0 Å².